The molecule has 0 aliphatic rings. The van der Waals surface area contributed by atoms with Gasteiger partial charge in [-0.3, -0.25) is 0 Å². The fraction of sp³-hybridized carbons (Fsp3) is 1.00. The summed E-state index contributed by atoms with van der Waals surface area (Å²) in [5.41, 5.74) is 0. The van der Waals surface area contributed by atoms with E-state index >= 15 is 0 Å². The zero-order valence-corrected chi connectivity index (χ0v) is 7.37. The lowest BCUT2D eigenvalue weighted by atomic mass is 10.4. The zero-order chi connectivity index (χ0) is 8.53. The molecule has 0 saturated carbocycles. The van der Waals surface area contributed by atoms with Gasteiger partial charge in [0.1, 0.15) is 13.5 Å². The molecule has 0 heterocycles. The third-order valence-electron chi connectivity index (χ3n) is 1.08. The standard InChI is InChI=1S/C7H16NO3/c1-7(8-5-9-2)4-11-6-10-3/h7H,4-6H2,1-3H3. The fourth-order valence-corrected chi connectivity index (χ4v) is 0.556. The normalized spacial score (nSPS) is 13.4. The number of hydrogen-bond acceptors (Lipinski definition) is 3. The molecular formula is C7H16NO3. The summed E-state index contributed by atoms with van der Waals surface area (Å²) in [4.78, 5) is 0. The van der Waals surface area contributed by atoms with Gasteiger partial charge in [0.2, 0.25) is 0 Å². The van der Waals surface area contributed by atoms with E-state index in [9.17, 15) is 0 Å². The number of nitrogens with zero attached hydrogens (tertiary/aromatic N) is 1. The fourth-order valence-electron chi connectivity index (χ4n) is 0.556. The Bertz CT molecular complexity index is 80.1. The molecule has 0 N–H and O–H groups in total. The third-order valence-corrected chi connectivity index (χ3v) is 1.08. The number of methoxy groups -OCH3 is 2. The van der Waals surface area contributed by atoms with E-state index in [0.29, 0.717) is 20.1 Å². The van der Waals surface area contributed by atoms with Crippen LogP contribution < -0.4 is 5.32 Å². The Labute approximate surface area is 67.8 Å². The summed E-state index contributed by atoms with van der Waals surface area (Å²) in [6.07, 6.45) is 0. The molecule has 0 spiro atoms. The van der Waals surface area contributed by atoms with Crippen molar-refractivity contribution in [2.75, 3.05) is 34.4 Å². The molecule has 4 nitrogen and oxygen atoms in total. The summed E-state index contributed by atoms with van der Waals surface area (Å²) in [7, 11) is 3.21. The van der Waals surface area contributed by atoms with Crippen LogP contribution in [-0.2, 0) is 14.2 Å². The van der Waals surface area contributed by atoms with Crippen LogP contribution in [0.25, 0.3) is 0 Å². The molecule has 0 aromatic heterocycles. The largest absolute Gasteiger partial charge is 0.368 e. The Morgan fingerprint density at radius 1 is 1.27 bits per heavy atom. The second-order valence-corrected chi connectivity index (χ2v) is 2.23. The first kappa shape index (κ1) is 10.8. The molecule has 0 aromatic rings. The highest BCUT2D eigenvalue weighted by atomic mass is 16.7. The Morgan fingerprint density at radius 3 is 2.55 bits per heavy atom. The summed E-state index contributed by atoms with van der Waals surface area (Å²) in [6, 6.07) is 0.171. The van der Waals surface area contributed by atoms with E-state index in [1.54, 1.807) is 14.2 Å². The quantitative estimate of drug-likeness (QED) is 0.397. The van der Waals surface area contributed by atoms with Gasteiger partial charge in [-0.1, -0.05) is 0 Å². The molecular weight excluding hydrogens is 146 g/mol. The van der Waals surface area contributed by atoms with Crippen molar-refractivity contribution in [2.45, 2.75) is 13.0 Å². The van der Waals surface area contributed by atoms with Gasteiger partial charge in [-0.25, -0.2) is 5.32 Å². The van der Waals surface area contributed by atoms with Crippen molar-refractivity contribution >= 4 is 0 Å². The van der Waals surface area contributed by atoms with E-state index in [1.165, 1.54) is 0 Å². The Hall–Kier alpha value is -0.160. The summed E-state index contributed by atoms with van der Waals surface area (Å²) in [5.74, 6) is 0. The first-order valence-corrected chi connectivity index (χ1v) is 3.53. The average Bonchev–Trinajstić information content (AvgIpc) is 2.01. The maximum atomic E-state index is 5.07. The molecule has 4 heteroatoms. The molecule has 1 unspecified atom stereocenters. The second-order valence-electron chi connectivity index (χ2n) is 2.23. The van der Waals surface area contributed by atoms with Crippen molar-refractivity contribution in [3.8, 4) is 0 Å². The van der Waals surface area contributed by atoms with Crippen LogP contribution in [0, 0.1) is 0 Å². The second kappa shape index (κ2) is 7.94. The van der Waals surface area contributed by atoms with E-state index in [2.05, 4.69) is 5.32 Å². The van der Waals surface area contributed by atoms with Crippen LogP contribution in [-0.4, -0.2) is 40.4 Å². The van der Waals surface area contributed by atoms with Gasteiger partial charge in [-0.2, -0.15) is 0 Å². The van der Waals surface area contributed by atoms with Crippen molar-refractivity contribution < 1.29 is 14.2 Å². The van der Waals surface area contributed by atoms with Gasteiger partial charge in [-0.05, 0) is 6.92 Å². The van der Waals surface area contributed by atoms with Gasteiger partial charge < -0.3 is 14.2 Å². The van der Waals surface area contributed by atoms with E-state index in [1.807, 2.05) is 6.92 Å². The number of rotatable bonds is 7. The average molecular weight is 162 g/mol. The molecule has 0 rings (SSSR count). The van der Waals surface area contributed by atoms with Crippen molar-refractivity contribution in [1.82, 2.24) is 5.32 Å². The molecule has 0 bridgehead atoms. The van der Waals surface area contributed by atoms with Crippen molar-refractivity contribution in [1.29, 1.82) is 0 Å². The predicted molar refractivity (Wildman–Crippen MR) is 41.3 cm³/mol. The lowest BCUT2D eigenvalue weighted by molar-refractivity contribution is -0.0390. The summed E-state index contributed by atoms with van der Waals surface area (Å²) >= 11 is 0. The molecule has 0 amide bonds. The third kappa shape index (κ3) is 7.74. The summed E-state index contributed by atoms with van der Waals surface area (Å²) in [6.45, 7) is 3.30. The first-order chi connectivity index (χ1) is 5.31. The minimum absolute atomic E-state index is 0.171. The summed E-state index contributed by atoms with van der Waals surface area (Å²) < 4.78 is 14.5. The van der Waals surface area contributed by atoms with Gasteiger partial charge >= 0.3 is 0 Å². The van der Waals surface area contributed by atoms with Gasteiger partial charge in [0.05, 0.1) is 6.61 Å². The van der Waals surface area contributed by atoms with Crippen LogP contribution in [0.5, 0.6) is 0 Å². The predicted octanol–water partition coefficient (Wildman–Crippen LogP) is 0.204. The van der Waals surface area contributed by atoms with Gasteiger partial charge in [0.25, 0.3) is 0 Å². The van der Waals surface area contributed by atoms with Crippen molar-refractivity contribution in [2.24, 2.45) is 0 Å². The van der Waals surface area contributed by atoms with Crippen LogP contribution in [0.1, 0.15) is 6.92 Å². The highest BCUT2D eigenvalue weighted by Gasteiger charge is 2.00. The van der Waals surface area contributed by atoms with E-state index in [0.717, 1.165) is 0 Å². The van der Waals surface area contributed by atoms with Crippen LogP contribution in [0.4, 0.5) is 0 Å². The lowest BCUT2D eigenvalue weighted by Crippen LogP contribution is -2.26. The molecule has 11 heavy (non-hydrogen) atoms. The molecule has 0 aliphatic carbocycles. The lowest BCUT2D eigenvalue weighted by Gasteiger charge is -2.10. The molecule has 67 valence electrons. The maximum absolute atomic E-state index is 5.07. The Morgan fingerprint density at radius 2 is 2.00 bits per heavy atom. The van der Waals surface area contributed by atoms with Gasteiger partial charge in [0, 0.05) is 20.3 Å². The minimum Gasteiger partial charge on any atom is -0.368 e. The van der Waals surface area contributed by atoms with E-state index in [-0.39, 0.29) is 6.04 Å². The molecule has 0 aliphatic heterocycles. The van der Waals surface area contributed by atoms with Crippen molar-refractivity contribution in [3.63, 3.8) is 0 Å². The van der Waals surface area contributed by atoms with Crippen molar-refractivity contribution in [3.05, 3.63) is 0 Å². The minimum atomic E-state index is 0.171. The topological polar surface area (TPSA) is 41.8 Å². The van der Waals surface area contributed by atoms with Gasteiger partial charge in [0.15, 0.2) is 0 Å². The Balaban J connectivity index is 3.02. The molecule has 0 aromatic carbocycles. The maximum Gasteiger partial charge on any atom is 0.146 e. The van der Waals surface area contributed by atoms with Gasteiger partial charge in [-0.15, -0.1) is 0 Å². The van der Waals surface area contributed by atoms with E-state index < -0.39 is 0 Å². The van der Waals surface area contributed by atoms with Crippen LogP contribution in [0.2, 0.25) is 0 Å². The number of hydrogen-bond donors (Lipinski definition) is 0. The smallest absolute Gasteiger partial charge is 0.146 e. The first-order valence-electron chi connectivity index (χ1n) is 3.53. The zero-order valence-electron chi connectivity index (χ0n) is 7.37. The highest BCUT2D eigenvalue weighted by molar-refractivity contribution is 4.53. The Kier molecular flexibility index (Phi) is 7.83. The van der Waals surface area contributed by atoms with Crippen LogP contribution >= 0.6 is 0 Å². The molecule has 1 radical (unpaired) electrons. The highest BCUT2D eigenvalue weighted by Crippen LogP contribution is 1.85. The van der Waals surface area contributed by atoms with E-state index in [4.69, 9.17) is 14.2 Å². The van der Waals surface area contributed by atoms with Crippen LogP contribution in [0.3, 0.4) is 0 Å². The molecule has 0 saturated heterocycles. The monoisotopic (exact) mass is 162 g/mol. The SMILES string of the molecule is COC[N]C(C)COCOC. The van der Waals surface area contributed by atoms with Crippen LogP contribution in [0.15, 0.2) is 0 Å². The summed E-state index contributed by atoms with van der Waals surface area (Å²) in [5, 5.41) is 4.11. The number of ether oxygens (including phenoxy) is 3. The molecule has 0 fully saturated rings. The molecule has 1 atom stereocenters.